The molecule has 1 aliphatic carbocycles. The fourth-order valence-corrected chi connectivity index (χ4v) is 5.11. The highest BCUT2D eigenvalue weighted by Gasteiger charge is 2.67. The van der Waals surface area contributed by atoms with Gasteiger partial charge in [-0.25, -0.2) is 0 Å². The lowest BCUT2D eigenvalue weighted by Gasteiger charge is -2.11. The van der Waals surface area contributed by atoms with Gasteiger partial charge < -0.3 is 5.32 Å². The van der Waals surface area contributed by atoms with Crippen LogP contribution in [0.25, 0.3) is 0 Å². The summed E-state index contributed by atoms with van der Waals surface area (Å²) in [4.78, 5) is 25.5. The van der Waals surface area contributed by atoms with Crippen molar-refractivity contribution in [2.75, 3.05) is 10.7 Å². The lowest BCUT2D eigenvalue weighted by Crippen LogP contribution is -2.29. The number of carbonyl (C=O) groups is 2. The zero-order chi connectivity index (χ0) is 23.8. The number of anilines is 2. The van der Waals surface area contributed by atoms with Crippen molar-refractivity contribution in [3.63, 3.8) is 0 Å². The van der Waals surface area contributed by atoms with Gasteiger partial charge in [-0.05, 0) is 54.1 Å². The van der Waals surface area contributed by atoms with Crippen molar-refractivity contribution < 1.29 is 9.59 Å². The Labute approximate surface area is 215 Å². The third-order valence-corrected chi connectivity index (χ3v) is 6.86. The van der Waals surface area contributed by atoms with Crippen molar-refractivity contribution in [3.8, 4) is 0 Å². The van der Waals surface area contributed by atoms with E-state index in [2.05, 4.69) is 16.2 Å². The molecule has 2 atom stereocenters. The Balaban J connectivity index is 1.46. The number of nitrogens with one attached hydrogen (secondary N) is 3. The largest absolute Gasteiger partial charge is 0.326 e. The number of carbonyl (C=O) groups excluding carboxylic acids is 2. The summed E-state index contributed by atoms with van der Waals surface area (Å²) in [5.74, 6) is -2.09. The van der Waals surface area contributed by atoms with Gasteiger partial charge in [-0.1, -0.05) is 53.0 Å². The number of para-hydroxylation sites is 1. The number of hydrogen-bond acceptors (Lipinski definition) is 3. The number of alkyl halides is 2. The van der Waals surface area contributed by atoms with Crippen molar-refractivity contribution in [2.24, 2.45) is 5.92 Å². The van der Waals surface area contributed by atoms with Gasteiger partial charge in [0.2, 0.25) is 5.91 Å². The average molecular weight is 544 g/mol. The van der Waals surface area contributed by atoms with Gasteiger partial charge >= 0.3 is 0 Å². The Morgan fingerprint density at radius 1 is 0.818 bits per heavy atom. The molecule has 0 spiro atoms. The Bertz CT molecular complexity index is 1200. The second kappa shape index (κ2) is 9.61. The van der Waals surface area contributed by atoms with Crippen molar-refractivity contribution >= 4 is 81.2 Å². The minimum Gasteiger partial charge on any atom is -0.326 e. The summed E-state index contributed by atoms with van der Waals surface area (Å²) < 4.78 is -1.32. The van der Waals surface area contributed by atoms with E-state index >= 15 is 0 Å². The van der Waals surface area contributed by atoms with Crippen molar-refractivity contribution in [1.82, 2.24) is 5.43 Å². The maximum atomic E-state index is 12.9. The molecule has 1 aliphatic rings. The summed E-state index contributed by atoms with van der Waals surface area (Å²) in [7, 11) is 0. The molecule has 170 valence electrons. The van der Waals surface area contributed by atoms with Gasteiger partial charge in [0.15, 0.2) is 0 Å². The molecule has 0 unspecified atom stereocenters. The van der Waals surface area contributed by atoms with Crippen LogP contribution in [-0.2, 0) is 4.79 Å². The molecule has 0 saturated heterocycles. The van der Waals surface area contributed by atoms with Gasteiger partial charge in [-0.3, -0.25) is 20.4 Å². The Morgan fingerprint density at radius 2 is 1.48 bits per heavy atom. The van der Waals surface area contributed by atoms with Crippen LogP contribution in [0.1, 0.15) is 21.8 Å². The molecular weight excluding hydrogens is 528 g/mol. The summed E-state index contributed by atoms with van der Waals surface area (Å²) in [6.07, 6.45) is 0. The first-order valence-electron chi connectivity index (χ1n) is 9.72. The molecule has 3 aromatic rings. The highest BCUT2D eigenvalue weighted by Crippen LogP contribution is 2.65. The van der Waals surface area contributed by atoms with Crippen molar-refractivity contribution in [3.05, 3.63) is 92.9 Å². The second-order valence-electron chi connectivity index (χ2n) is 7.46. The van der Waals surface area contributed by atoms with Gasteiger partial charge in [0, 0.05) is 21.7 Å². The zero-order valence-corrected chi connectivity index (χ0v) is 20.5. The fourth-order valence-electron chi connectivity index (χ4n) is 3.54. The van der Waals surface area contributed by atoms with Gasteiger partial charge in [0.25, 0.3) is 5.91 Å². The molecule has 3 N–H and O–H groups in total. The topological polar surface area (TPSA) is 70.2 Å². The Kier molecular flexibility index (Phi) is 6.99. The summed E-state index contributed by atoms with van der Waals surface area (Å²) in [6.45, 7) is 0. The van der Waals surface area contributed by atoms with Gasteiger partial charge in [-0.15, -0.1) is 23.2 Å². The highest BCUT2D eigenvalue weighted by atomic mass is 35.5. The van der Waals surface area contributed by atoms with E-state index in [-0.39, 0.29) is 10.6 Å². The van der Waals surface area contributed by atoms with Crippen molar-refractivity contribution in [1.29, 1.82) is 0 Å². The molecule has 33 heavy (non-hydrogen) atoms. The fraction of sp³-hybridized carbons (Fsp3) is 0.130. The molecule has 3 aromatic carbocycles. The number of rotatable bonds is 6. The molecule has 0 aromatic heterocycles. The van der Waals surface area contributed by atoms with Gasteiger partial charge in [0.1, 0.15) is 4.33 Å². The maximum Gasteiger partial charge on any atom is 0.271 e. The van der Waals surface area contributed by atoms with E-state index in [0.29, 0.717) is 27.0 Å². The molecule has 0 heterocycles. The van der Waals surface area contributed by atoms with E-state index in [0.717, 1.165) is 0 Å². The minimum absolute atomic E-state index is 0.176. The number of benzene rings is 3. The van der Waals surface area contributed by atoms with Crippen molar-refractivity contribution in [2.45, 2.75) is 10.3 Å². The first-order chi connectivity index (χ1) is 15.7. The summed E-state index contributed by atoms with van der Waals surface area (Å²) in [5.41, 5.74) is 7.28. The van der Waals surface area contributed by atoms with Crippen LogP contribution in [0.3, 0.4) is 0 Å². The quantitative estimate of drug-likeness (QED) is 0.233. The normalized spacial score (nSPS) is 18.3. The van der Waals surface area contributed by atoms with Crippen LogP contribution in [0.5, 0.6) is 0 Å². The van der Waals surface area contributed by atoms with E-state index in [9.17, 15) is 9.59 Å². The molecule has 4 rings (SSSR count). The van der Waals surface area contributed by atoms with Crippen LogP contribution in [0.2, 0.25) is 15.1 Å². The summed E-state index contributed by atoms with van der Waals surface area (Å²) in [5, 5.41) is 3.82. The van der Waals surface area contributed by atoms with E-state index in [1.807, 2.05) is 18.2 Å². The predicted octanol–water partition coefficient (Wildman–Crippen LogP) is 6.93. The van der Waals surface area contributed by atoms with E-state index < -0.39 is 28.0 Å². The number of hydrazine groups is 1. The van der Waals surface area contributed by atoms with E-state index in [1.54, 1.807) is 36.4 Å². The van der Waals surface area contributed by atoms with Crippen LogP contribution in [0.4, 0.5) is 11.4 Å². The summed E-state index contributed by atoms with van der Waals surface area (Å²) in [6, 6.07) is 18.6. The smallest absolute Gasteiger partial charge is 0.271 e. The predicted molar refractivity (Wildman–Crippen MR) is 135 cm³/mol. The molecule has 1 fully saturated rings. The Hall–Kier alpha value is -2.15. The standard InChI is InChI=1S/C23H16Cl5N3O2/c24-13-8-12(9-14(25)10-13)19-20(23(19,27)28)22(33)29-16-6-7-18(26)17(11-16)21(32)31-30-15-4-2-1-3-5-15/h1-11,19-20,30H,(H,29,33)(H,31,32)/t19-,20+/m0/s1. The zero-order valence-electron chi connectivity index (χ0n) is 16.7. The molecule has 10 heteroatoms. The second-order valence-corrected chi connectivity index (χ2v) is 10.2. The van der Waals surface area contributed by atoms with E-state index in [1.165, 1.54) is 12.1 Å². The monoisotopic (exact) mass is 541 g/mol. The Morgan fingerprint density at radius 3 is 2.15 bits per heavy atom. The molecule has 2 amide bonds. The SMILES string of the molecule is O=C(NNc1ccccc1)c1cc(NC(=O)[C@H]2[C@H](c3cc(Cl)cc(Cl)c3)C2(Cl)Cl)ccc1Cl. The average Bonchev–Trinajstić information content (AvgIpc) is 3.35. The first-order valence-corrected chi connectivity index (χ1v) is 11.6. The van der Waals surface area contributed by atoms with E-state index in [4.69, 9.17) is 58.0 Å². The van der Waals surface area contributed by atoms with Crippen LogP contribution in [0.15, 0.2) is 66.7 Å². The third kappa shape index (κ3) is 5.34. The van der Waals surface area contributed by atoms with Gasteiger partial charge in [-0.2, -0.15) is 0 Å². The lowest BCUT2D eigenvalue weighted by atomic mass is 10.1. The van der Waals surface area contributed by atoms with Crippen LogP contribution in [-0.4, -0.2) is 16.1 Å². The molecule has 0 radical (unpaired) electrons. The number of halogens is 5. The molecule has 0 aliphatic heterocycles. The lowest BCUT2D eigenvalue weighted by molar-refractivity contribution is -0.117. The van der Waals surface area contributed by atoms with Crippen LogP contribution < -0.4 is 16.2 Å². The molecular formula is C23H16Cl5N3O2. The minimum atomic E-state index is -1.32. The maximum absolute atomic E-state index is 12.9. The highest BCUT2D eigenvalue weighted by molar-refractivity contribution is 6.53. The summed E-state index contributed by atoms with van der Waals surface area (Å²) >= 11 is 31.1. The molecule has 1 saturated carbocycles. The van der Waals surface area contributed by atoms with Crippen LogP contribution >= 0.6 is 58.0 Å². The number of amides is 2. The first kappa shape index (κ1) is 24.0. The van der Waals surface area contributed by atoms with Crippen LogP contribution in [0, 0.1) is 5.92 Å². The third-order valence-electron chi connectivity index (χ3n) is 5.15. The number of hydrogen-bond donors (Lipinski definition) is 3. The van der Waals surface area contributed by atoms with Gasteiger partial charge in [0.05, 0.1) is 22.2 Å². The molecule has 0 bridgehead atoms. The molecule has 5 nitrogen and oxygen atoms in total.